The molecule has 1 saturated carbocycles. The molecule has 1 aliphatic carbocycles. The molecule has 0 unspecified atom stereocenters. The zero-order valence-electron chi connectivity index (χ0n) is 8.83. The third kappa shape index (κ3) is 2.54. The number of rotatable bonds is 3. The van der Waals surface area contributed by atoms with Crippen molar-refractivity contribution in [1.29, 1.82) is 0 Å². The van der Waals surface area contributed by atoms with Crippen LogP contribution in [0.1, 0.15) is 31.2 Å². The average molecular weight is 206 g/mol. The van der Waals surface area contributed by atoms with E-state index in [2.05, 4.69) is 30.5 Å². The first-order valence-corrected chi connectivity index (χ1v) is 6.74. The van der Waals surface area contributed by atoms with Crippen molar-refractivity contribution in [2.75, 3.05) is 6.26 Å². The van der Waals surface area contributed by atoms with Gasteiger partial charge in [-0.05, 0) is 36.3 Å². The summed E-state index contributed by atoms with van der Waals surface area (Å²) in [5, 5.41) is 0. The molecule has 0 amide bonds. The summed E-state index contributed by atoms with van der Waals surface area (Å²) in [6, 6.07) is 9.08. The van der Waals surface area contributed by atoms with Gasteiger partial charge in [-0.3, -0.25) is 0 Å². The topological polar surface area (TPSA) is 0 Å². The van der Waals surface area contributed by atoms with Gasteiger partial charge in [-0.2, -0.15) is 0 Å². The van der Waals surface area contributed by atoms with Crippen molar-refractivity contribution in [2.24, 2.45) is 5.92 Å². The lowest BCUT2D eigenvalue weighted by Crippen LogP contribution is -1.98. The van der Waals surface area contributed by atoms with Gasteiger partial charge in [0.05, 0.1) is 0 Å². The van der Waals surface area contributed by atoms with Gasteiger partial charge in [-0.15, -0.1) is 11.8 Å². The van der Waals surface area contributed by atoms with E-state index in [4.69, 9.17) is 0 Å². The molecule has 1 aromatic rings. The largest absolute Gasteiger partial charge is 0.130 e. The van der Waals surface area contributed by atoms with Crippen molar-refractivity contribution in [2.45, 2.75) is 37.0 Å². The summed E-state index contributed by atoms with van der Waals surface area (Å²) in [7, 11) is 0. The van der Waals surface area contributed by atoms with Crippen LogP contribution in [0.4, 0.5) is 0 Å². The molecule has 0 aromatic heterocycles. The van der Waals surface area contributed by atoms with E-state index < -0.39 is 0 Å². The second-order valence-electron chi connectivity index (χ2n) is 4.20. The molecule has 14 heavy (non-hydrogen) atoms. The highest BCUT2D eigenvalue weighted by Gasteiger charge is 2.14. The lowest BCUT2D eigenvalue weighted by Gasteiger charge is -2.08. The molecule has 1 fully saturated rings. The smallest absolute Gasteiger partial charge is 0.00693 e. The van der Waals surface area contributed by atoms with Gasteiger partial charge >= 0.3 is 0 Å². The Labute approximate surface area is 91.1 Å². The summed E-state index contributed by atoms with van der Waals surface area (Å²) in [4.78, 5) is 1.38. The summed E-state index contributed by atoms with van der Waals surface area (Å²) in [6.07, 6.45) is 9.23. The number of hydrogen-bond donors (Lipinski definition) is 0. The number of benzene rings is 1. The van der Waals surface area contributed by atoms with Crippen molar-refractivity contribution in [3.63, 3.8) is 0 Å². The molecule has 0 aliphatic heterocycles. The minimum Gasteiger partial charge on any atom is -0.130 e. The maximum absolute atomic E-state index is 2.30. The van der Waals surface area contributed by atoms with Crippen LogP contribution < -0.4 is 0 Å². The van der Waals surface area contributed by atoms with E-state index in [1.54, 1.807) is 0 Å². The molecule has 0 N–H and O–H groups in total. The fourth-order valence-corrected chi connectivity index (χ4v) is 2.72. The van der Waals surface area contributed by atoms with E-state index in [1.165, 1.54) is 42.6 Å². The van der Waals surface area contributed by atoms with Gasteiger partial charge in [0.1, 0.15) is 0 Å². The lowest BCUT2D eigenvalue weighted by atomic mass is 9.98. The zero-order valence-corrected chi connectivity index (χ0v) is 9.65. The second-order valence-corrected chi connectivity index (χ2v) is 5.08. The first-order valence-electron chi connectivity index (χ1n) is 5.51. The van der Waals surface area contributed by atoms with Crippen LogP contribution in [-0.4, -0.2) is 6.26 Å². The maximum atomic E-state index is 2.30. The van der Waals surface area contributed by atoms with E-state index in [9.17, 15) is 0 Å². The Kier molecular flexibility index (Phi) is 3.52. The fourth-order valence-electron chi connectivity index (χ4n) is 2.31. The molecule has 0 bridgehead atoms. The quantitative estimate of drug-likeness (QED) is 0.670. The molecule has 76 valence electrons. The van der Waals surface area contributed by atoms with E-state index in [0.717, 1.165) is 5.92 Å². The van der Waals surface area contributed by atoms with Crippen LogP contribution in [0.5, 0.6) is 0 Å². The molecule has 1 heteroatoms. The summed E-state index contributed by atoms with van der Waals surface area (Å²) in [6.45, 7) is 0. The SMILES string of the molecule is CSc1ccc(CC2CCCC2)cc1. The van der Waals surface area contributed by atoms with Gasteiger partial charge < -0.3 is 0 Å². The molecule has 0 heterocycles. The highest BCUT2D eigenvalue weighted by atomic mass is 32.2. The monoisotopic (exact) mass is 206 g/mol. The van der Waals surface area contributed by atoms with Crippen LogP contribution in [0, 0.1) is 5.92 Å². The lowest BCUT2D eigenvalue weighted by molar-refractivity contribution is 0.546. The Bertz CT molecular complexity index is 270. The summed E-state index contributed by atoms with van der Waals surface area (Å²) in [5.41, 5.74) is 1.52. The van der Waals surface area contributed by atoms with Crippen LogP contribution in [0.3, 0.4) is 0 Å². The molecular formula is C13H18S. The highest BCUT2D eigenvalue weighted by Crippen LogP contribution is 2.28. The summed E-state index contributed by atoms with van der Waals surface area (Å²) >= 11 is 1.82. The summed E-state index contributed by atoms with van der Waals surface area (Å²) in [5.74, 6) is 0.968. The van der Waals surface area contributed by atoms with Gasteiger partial charge in [-0.1, -0.05) is 37.8 Å². The highest BCUT2D eigenvalue weighted by molar-refractivity contribution is 7.98. The normalized spacial score (nSPS) is 17.5. The predicted molar refractivity (Wildman–Crippen MR) is 63.9 cm³/mol. The number of hydrogen-bond acceptors (Lipinski definition) is 1. The third-order valence-corrected chi connectivity index (χ3v) is 3.90. The maximum Gasteiger partial charge on any atom is 0.00693 e. The van der Waals surface area contributed by atoms with Gasteiger partial charge in [0.25, 0.3) is 0 Å². The molecular weight excluding hydrogens is 188 g/mol. The first kappa shape index (κ1) is 10.1. The van der Waals surface area contributed by atoms with Crippen LogP contribution in [-0.2, 0) is 6.42 Å². The van der Waals surface area contributed by atoms with Gasteiger partial charge in [0.2, 0.25) is 0 Å². The van der Waals surface area contributed by atoms with E-state index >= 15 is 0 Å². The molecule has 0 radical (unpaired) electrons. The van der Waals surface area contributed by atoms with E-state index in [0.29, 0.717) is 0 Å². The van der Waals surface area contributed by atoms with Crippen LogP contribution in [0.15, 0.2) is 29.2 Å². The molecule has 0 nitrogen and oxygen atoms in total. The van der Waals surface area contributed by atoms with Crippen molar-refractivity contribution in [3.8, 4) is 0 Å². The Balaban J connectivity index is 1.95. The fraction of sp³-hybridized carbons (Fsp3) is 0.538. The Morgan fingerprint density at radius 2 is 1.79 bits per heavy atom. The molecule has 0 saturated heterocycles. The van der Waals surface area contributed by atoms with Crippen molar-refractivity contribution in [1.82, 2.24) is 0 Å². The van der Waals surface area contributed by atoms with Crippen LogP contribution in [0.2, 0.25) is 0 Å². The van der Waals surface area contributed by atoms with Crippen molar-refractivity contribution in [3.05, 3.63) is 29.8 Å². The Hall–Kier alpha value is -0.430. The Morgan fingerprint density at radius 1 is 1.14 bits per heavy atom. The Morgan fingerprint density at radius 3 is 2.36 bits per heavy atom. The summed E-state index contributed by atoms with van der Waals surface area (Å²) < 4.78 is 0. The van der Waals surface area contributed by atoms with Crippen LogP contribution in [0.25, 0.3) is 0 Å². The number of thioether (sulfide) groups is 1. The van der Waals surface area contributed by atoms with Crippen molar-refractivity contribution >= 4 is 11.8 Å². The van der Waals surface area contributed by atoms with Crippen molar-refractivity contribution < 1.29 is 0 Å². The zero-order chi connectivity index (χ0) is 9.80. The molecule has 2 rings (SSSR count). The standard InChI is InChI=1S/C13H18S/c1-14-13-8-6-12(7-9-13)10-11-4-2-3-5-11/h6-9,11H,2-5,10H2,1H3. The van der Waals surface area contributed by atoms with E-state index in [1.807, 2.05) is 11.8 Å². The first-order chi connectivity index (χ1) is 6.88. The second kappa shape index (κ2) is 4.88. The molecule has 1 aromatic carbocycles. The van der Waals surface area contributed by atoms with Gasteiger partial charge in [0.15, 0.2) is 0 Å². The third-order valence-electron chi connectivity index (χ3n) is 3.16. The van der Waals surface area contributed by atoms with Gasteiger partial charge in [0, 0.05) is 4.90 Å². The predicted octanol–water partition coefficient (Wildman–Crippen LogP) is 4.14. The molecule has 1 aliphatic rings. The minimum absolute atomic E-state index is 0.968. The van der Waals surface area contributed by atoms with Gasteiger partial charge in [-0.25, -0.2) is 0 Å². The van der Waals surface area contributed by atoms with E-state index in [-0.39, 0.29) is 0 Å². The molecule has 0 atom stereocenters. The molecule has 0 spiro atoms. The van der Waals surface area contributed by atoms with Crippen LogP contribution >= 0.6 is 11.8 Å². The minimum atomic E-state index is 0.968. The average Bonchev–Trinajstić information content (AvgIpc) is 2.72.